The van der Waals surface area contributed by atoms with Crippen LogP contribution in [0, 0.1) is 5.82 Å². The minimum Gasteiger partial charge on any atom is -0.380 e. The summed E-state index contributed by atoms with van der Waals surface area (Å²) in [6, 6.07) is 3.87. The molecule has 0 aliphatic heterocycles. The molecule has 1 aromatic carbocycles. The Kier molecular flexibility index (Phi) is 3.91. The molecule has 0 fully saturated rings. The molecule has 0 radical (unpaired) electrons. The van der Waals surface area contributed by atoms with Crippen LogP contribution in [0.15, 0.2) is 23.1 Å². The third-order valence-corrected chi connectivity index (χ3v) is 3.49. The molecule has 0 saturated carbocycles. The van der Waals surface area contributed by atoms with Crippen LogP contribution in [0.1, 0.15) is 20.3 Å². The number of hydrogen-bond donors (Lipinski definition) is 1. The summed E-state index contributed by atoms with van der Waals surface area (Å²) in [6.07, 6.45) is 1.94. The lowest BCUT2D eigenvalue weighted by Crippen LogP contribution is -2.15. The van der Waals surface area contributed by atoms with E-state index in [1.807, 2.05) is 13.8 Å². The lowest BCUT2D eigenvalue weighted by atomic mass is 10.2. The van der Waals surface area contributed by atoms with E-state index < -0.39 is 15.7 Å². The van der Waals surface area contributed by atoms with Crippen molar-refractivity contribution in [1.29, 1.82) is 0 Å². The van der Waals surface area contributed by atoms with Gasteiger partial charge in [-0.15, -0.1) is 0 Å². The number of benzene rings is 1. The fourth-order valence-electron chi connectivity index (χ4n) is 1.21. The number of rotatable bonds is 4. The molecule has 0 aromatic heterocycles. The summed E-state index contributed by atoms with van der Waals surface area (Å²) in [5, 5.41) is 2.93. The van der Waals surface area contributed by atoms with E-state index in [0.29, 0.717) is 0 Å². The van der Waals surface area contributed by atoms with Crippen LogP contribution in [0.2, 0.25) is 0 Å². The molecule has 1 rings (SSSR count). The monoisotopic (exact) mass is 245 g/mol. The van der Waals surface area contributed by atoms with Crippen LogP contribution in [0.4, 0.5) is 10.1 Å². The van der Waals surface area contributed by atoms with Crippen LogP contribution in [0.25, 0.3) is 0 Å². The normalized spacial score (nSPS) is 13.5. The van der Waals surface area contributed by atoms with Crippen molar-refractivity contribution >= 4 is 15.5 Å². The average Bonchev–Trinajstić information content (AvgIpc) is 2.19. The topological polar surface area (TPSA) is 46.2 Å². The van der Waals surface area contributed by atoms with E-state index in [0.717, 1.165) is 12.7 Å². The second-order valence-corrected chi connectivity index (χ2v) is 5.88. The van der Waals surface area contributed by atoms with E-state index in [1.54, 1.807) is 0 Å². The van der Waals surface area contributed by atoms with Crippen molar-refractivity contribution < 1.29 is 12.8 Å². The van der Waals surface area contributed by atoms with Gasteiger partial charge in [0.15, 0.2) is 9.84 Å². The van der Waals surface area contributed by atoms with Gasteiger partial charge in [0.1, 0.15) is 5.82 Å². The Labute approximate surface area is 95.6 Å². The highest BCUT2D eigenvalue weighted by molar-refractivity contribution is 7.90. The summed E-state index contributed by atoms with van der Waals surface area (Å²) in [5.74, 6) is -0.437. The molecular formula is C11H16FNO2S. The molecule has 16 heavy (non-hydrogen) atoms. The average molecular weight is 245 g/mol. The minimum atomic E-state index is -3.29. The summed E-state index contributed by atoms with van der Waals surface area (Å²) in [6.45, 7) is 3.88. The first-order valence-corrected chi connectivity index (χ1v) is 7.00. The Morgan fingerprint density at radius 3 is 2.56 bits per heavy atom. The molecule has 5 heteroatoms. The molecule has 0 aliphatic rings. The zero-order valence-corrected chi connectivity index (χ0v) is 10.4. The largest absolute Gasteiger partial charge is 0.380 e. The third-order valence-electron chi connectivity index (χ3n) is 2.38. The van der Waals surface area contributed by atoms with E-state index in [4.69, 9.17) is 0 Å². The molecule has 90 valence electrons. The fraction of sp³-hybridized carbons (Fsp3) is 0.455. The third kappa shape index (κ3) is 3.20. The van der Waals surface area contributed by atoms with Gasteiger partial charge in [-0.2, -0.15) is 0 Å². The van der Waals surface area contributed by atoms with Gasteiger partial charge < -0.3 is 5.32 Å². The van der Waals surface area contributed by atoms with E-state index in [2.05, 4.69) is 5.32 Å². The molecule has 0 aliphatic carbocycles. The van der Waals surface area contributed by atoms with Crippen molar-refractivity contribution in [2.75, 3.05) is 11.6 Å². The predicted octanol–water partition coefficient (Wildman–Crippen LogP) is 2.44. The standard InChI is InChI=1S/C11H16FNO2S/c1-4-8(2)13-11-7-9(16(3,14)15)5-6-10(11)12/h5-8,13H,4H2,1-3H3. The highest BCUT2D eigenvalue weighted by Gasteiger charge is 2.11. The van der Waals surface area contributed by atoms with Crippen molar-refractivity contribution in [1.82, 2.24) is 0 Å². The van der Waals surface area contributed by atoms with Gasteiger partial charge in [-0.3, -0.25) is 0 Å². The number of sulfone groups is 1. The van der Waals surface area contributed by atoms with Crippen molar-refractivity contribution in [3.63, 3.8) is 0 Å². The Morgan fingerprint density at radius 2 is 2.06 bits per heavy atom. The highest BCUT2D eigenvalue weighted by atomic mass is 32.2. The fourth-order valence-corrected chi connectivity index (χ4v) is 1.86. The Morgan fingerprint density at radius 1 is 1.44 bits per heavy atom. The maximum absolute atomic E-state index is 13.4. The van der Waals surface area contributed by atoms with E-state index >= 15 is 0 Å². The SMILES string of the molecule is CCC(C)Nc1cc(S(C)(=O)=O)ccc1F. The van der Waals surface area contributed by atoms with Crippen LogP contribution in [-0.4, -0.2) is 20.7 Å². The lowest BCUT2D eigenvalue weighted by Gasteiger charge is -2.14. The highest BCUT2D eigenvalue weighted by Crippen LogP contribution is 2.20. The minimum absolute atomic E-state index is 0.101. The van der Waals surface area contributed by atoms with E-state index in [-0.39, 0.29) is 16.6 Å². The van der Waals surface area contributed by atoms with Gasteiger partial charge in [0.25, 0.3) is 0 Å². The van der Waals surface area contributed by atoms with E-state index in [1.165, 1.54) is 18.2 Å². The molecule has 1 atom stereocenters. The van der Waals surface area contributed by atoms with Gasteiger partial charge in [0.2, 0.25) is 0 Å². The quantitative estimate of drug-likeness (QED) is 0.829. The molecule has 0 bridgehead atoms. The van der Waals surface area contributed by atoms with Gasteiger partial charge in [-0.25, -0.2) is 12.8 Å². The first kappa shape index (κ1) is 13.0. The van der Waals surface area contributed by atoms with Gasteiger partial charge in [0, 0.05) is 12.3 Å². The van der Waals surface area contributed by atoms with Gasteiger partial charge in [0.05, 0.1) is 10.6 Å². The number of anilines is 1. The maximum atomic E-state index is 13.4. The molecule has 1 aromatic rings. The molecule has 1 unspecified atom stereocenters. The molecule has 3 nitrogen and oxygen atoms in total. The summed E-state index contributed by atoms with van der Waals surface area (Å²) in [7, 11) is -3.29. The van der Waals surface area contributed by atoms with Crippen molar-refractivity contribution in [3.05, 3.63) is 24.0 Å². The second-order valence-electron chi connectivity index (χ2n) is 3.87. The molecule has 1 N–H and O–H groups in total. The van der Waals surface area contributed by atoms with Crippen LogP contribution < -0.4 is 5.32 Å². The molecule has 0 saturated heterocycles. The van der Waals surface area contributed by atoms with Gasteiger partial charge >= 0.3 is 0 Å². The summed E-state index contributed by atoms with van der Waals surface area (Å²) < 4.78 is 36.0. The lowest BCUT2D eigenvalue weighted by molar-refractivity contribution is 0.600. The zero-order valence-electron chi connectivity index (χ0n) is 9.62. The van der Waals surface area contributed by atoms with Gasteiger partial charge in [-0.05, 0) is 31.5 Å². The molecule has 0 amide bonds. The second kappa shape index (κ2) is 4.82. The Bertz CT molecular complexity index is 471. The van der Waals surface area contributed by atoms with Crippen LogP contribution in [0.5, 0.6) is 0 Å². The zero-order chi connectivity index (χ0) is 12.3. The van der Waals surface area contributed by atoms with E-state index in [9.17, 15) is 12.8 Å². The predicted molar refractivity (Wildman–Crippen MR) is 62.9 cm³/mol. The van der Waals surface area contributed by atoms with Crippen LogP contribution >= 0.6 is 0 Å². The number of halogens is 1. The number of nitrogens with one attached hydrogen (secondary N) is 1. The molecular weight excluding hydrogens is 229 g/mol. The molecule has 0 spiro atoms. The van der Waals surface area contributed by atoms with Crippen LogP contribution in [0.3, 0.4) is 0 Å². The summed E-state index contributed by atoms with van der Waals surface area (Å²) in [5.41, 5.74) is 0.234. The van der Waals surface area contributed by atoms with Crippen molar-refractivity contribution in [2.45, 2.75) is 31.2 Å². The van der Waals surface area contributed by atoms with Crippen LogP contribution in [-0.2, 0) is 9.84 Å². The molecule has 0 heterocycles. The van der Waals surface area contributed by atoms with Crippen molar-refractivity contribution in [3.8, 4) is 0 Å². The first-order valence-electron chi connectivity index (χ1n) is 5.10. The van der Waals surface area contributed by atoms with Crippen molar-refractivity contribution in [2.24, 2.45) is 0 Å². The smallest absolute Gasteiger partial charge is 0.175 e. The van der Waals surface area contributed by atoms with Gasteiger partial charge in [-0.1, -0.05) is 6.92 Å². The summed E-state index contributed by atoms with van der Waals surface area (Å²) in [4.78, 5) is 0.125. The number of hydrogen-bond acceptors (Lipinski definition) is 3. The Balaban J connectivity index is 3.09. The maximum Gasteiger partial charge on any atom is 0.175 e. The first-order chi connectivity index (χ1) is 7.34. The Hall–Kier alpha value is -1.10. The summed E-state index contributed by atoms with van der Waals surface area (Å²) >= 11 is 0.